The fourth-order valence-electron chi connectivity index (χ4n) is 2.97. The summed E-state index contributed by atoms with van der Waals surface area (Å²) in [6.45, 7) is 4.84. The summed E-state index contributed by atoms with van der Waals surface area (Å²) < 4.78 is 5.33. The number of carbonyl (C=O) groups is 1. The smallest absolute Gasteiger partial charge is 0.239 e. The Morgan fingerprint density at radius 2 is 2.09 bits per heavy atom. The number of benzene rings is 1. The van der Waals surface area contributed by atoms with Crippen LogP contribution < -0.4 is 10.6 Å². The molecule has 0 saturated carbocycles. The van der Waals surface area contributed by atoms with Gasteiger partial charge in [0.15, 0.2) is 0 Å². The molecule has 0 radical (unpaired) electrons. The molecule has 1 aromatic rings. The van der Waals surface area contributed by atoms with E-state index in [4.69, 9.17) is 4.74 Å². The minimum Gasteiger partial charge on any atom is -0.378 e. The molecule has 23 heavy (non-hydrogen) atoms. The zero-order chi connectivity index (χ0) is 14.5. The molecule has 2 heterocycles. The van der Waals surface area contributed by atoms with Gasteiger partial charge in [0, 0.05) is 32.2 Å². The van der Waals surface area contributed by atoms with Crippen molar-refractivity contribution < 1.29 is 9.53 Å². The van der Waals surface area contributed by atoms with Crippen LogP contribution >= 0.6 is 24.8 Å². The molecule has 0 bridgehead atoms. The summed E-state index contributed by atoms with van der Waals surface area (Å²) in [5.74, 6) is 0.0706. The van der Waals surface area contributed by atoms with Crippen LogP contribution in [-0.4, -0.2) is 55.7 Å². The Kier molecular flexibility index (Phi) is 8.87. The van der Waals surface area contributed by atoms with Crippen molar-refractivity contribution in [2.75, 3.05) is 32.8 Å². The van der Waals surface area contributed by atoms with E-state index in [1.54, 1.807) is 0 Å². The minimum atomic E-state index is -0.193. The van der Waals surface area contributed by atoms with E-state index in [0.717, 1.165) is 32.6 Å². The van der Waals surface area contributed by atoms with Crippen LogP contribution in [-0.2, 0) is 16.1 Å². The fraction of sp³-hybridized carbons (Fsp3) is 0.562. The fourth-order valence-corrected chi connectivity index (χ4v) is 2.97. The van der Waals surface area contributed by atoms with Crippen LogP contribution in [0.25, 0.3) is 0 Å². The number of amides is 1. The highest BCUT2D eigenvalue weighted by Crippen LogP contribution is 2.13. The maximum absolute atomic E-state index is 12.1. The van der Waals surface area contributed by atoms with E-state index >= 15 is 0 Å². The van der Waals surface area contributed by atoms with Gasteiger partial charge in [-0.15, -0.1) is 24.8 Å². The first-order valence-electron chi connectivity index (χ1n) is 7.69. The van der Waals surface area contributed by atoms with Crippen LogP contribution in [0.15, 0.2) is 30.3 Å². The Morgan fingerprint density at radius 3 is 2.78 bits per heavy atom. The third-order valence-electron chi connectivity index (χ3n) is 4.11. The quantitative estimate of drug-likeness (QED) is 0.846. The van der Waals surface area contributed by atoms with E-state index in [9.17, 15) is 4.79 Å². The summed E-state index contributed by atoms with van der Waals surface area (Å²) in [7, 11) is 0. The highest BCUT2D eigenvalue weighted by Gasteiger charge is 2.27. The molecule has 1 amide bonds. The Morgan fingerprint density at radius 1 is 1.30 bits per heavy atom. The summed E-state index contributed by atoms with van der Waals surface area (Å²) in [6.07, 6.45) is 1.02. The van der Waals surface area contributed by atoms with E-state index in [1.165, 1.54) is 5.56 Å². The second-order valence-electron chi connectivity index (χ2n) is 5.80. The number of nitrogens with one attached hydrogen (secondary N) is 2. The van der Waals surface area contributed by atoms with Crippen LogP contribution in [0.3, 0.4) is 0 Å². The summed E-state index contributed by atoms with van der Waals surface area (Å²) >= 11 is 0. The first kappa shape index (κ1) is 20.2. The molecule has 5 nitrogen and oxygen atoms in total. The predicted octanol–water partition coefficient (Wildman–Crippen LogP) is 1.21. The van der Waals surface area contributed by atoms with Crippen LogP contribution in [0, 0.1) is 0 Å². The molecule has 2 atom stereocenters. The van der Waals surface area contributed by atoms with Crippen molar-refractivity contribution in [1.82, 2.24) is 15.5 Å². The maximum atomic E-state index is 12.1. The van der Waals surface area contributed by atoms with Crippen molar-refractivity contribution in [2.24, 2.45) is 0 Å². The SMILES string of the molecule is Cl.Cl.O=C(NC1CCN(Cc2ccccc2)C1)C1COCCN1. The molecule has 2 aliphatic rings. The van der Waals surface area contributed by atoms with Crippen molar-refractivity contribution >= 4 is 30.7 Å². The van der Waals surface area contributed by atoms with Gasteiger partial charge in [-0.05, 0) is 12.0 Å². The number of morpholine rings is 1. The van der Waals surface area contributed by atoms with Crippen LogP contribution in [0.1, 0.15) is 12.0 Å². The Labute approximate surface area is 150 Å². The molecule has 0 aromatic heterocycles. The van der Waals surface area contributed by atoms with Gasteiger partial charge in [0.25, 0.3) is 0 Å². The van der Waals surface area contributed by atoms with Gasteiger partial charge in [0.05, 0.1) is 13.2 Å². The largest absolute Gasteiger partial charge is 0.378 e. The predicted molar refractivity (Wildman–Crippen MR) is 95.4 cm³/mol. The van der Waals surface area contributed by atoms with Crippen molar-refractivity contribution in [3.8, 4) is 0 Å². The number of likely N-dealkylation sites (tertiary alicyclic amines) is 1. The highest BCUT2D eigenvalue weighted by molar-refractivity contribution is 5.85. The average Bonchev–Trinajstić information content (AvgIpc) is 2.96. The minimum absolute atomic E-state index is 0. The highest BCUT2D eigenvalue weighted by atomic mass is 35.5. The van der Waals surface area contributed by atoms with Crippen LogP contribution in [0.4, 0.5) is 0 Å². The van der Waals surface area contributed by atoms with E-state index in [2.05, 4.69) is 39.8 Å². The first-order chi connectivity index (χ1) is 10.3. The molecule has 2 aliphatic heterocycles. The van der Waals surface area contributed by atoms with Gasteiger partial charge in [0.1, 0.15) is 6.04 Å². The van der Waals surface area contributed by atoms with Crippen LogP contribution in [0.2, 0.25) is 0 Å². The normalized spacial score (nSPS) is 24.3. The Bertz CT molecular complexity index is 470. The standard InChI is InChI=1S/C16H23N3O2.2ClH/c20-16(15-12-21-9-7-17-15)18-14-6-8-19(11-14)10-13-4-2-1-3-5-13;;/h1-5,14-15,17H,6-12H2,(H,18,20);2*1H. The second kappa shape index (κ2) is 10.1. The van der Waals surface area contributed by atoms with Gasteiger partial charge in [-0.1, -0.05) is 30.3 Å². The lowest BCUT2D eigenvalue weighted by Gasteiger charge is -2.24. The lowest BCUT2D eigenvalue weighted by molar-refractivity contribution is -0.126. The topological polar surface area (TPSA) is 53.6 Å². The van der Waals surface area contributed by atoms with E-state index in [-0.39, 0.29) is 42.8 Å². The number of hydrogen-bond donors (Lipinski definition) is 2. The van der Waals surface area contributed by atoms with Gasteiger partial charge in [-0.25, -0.2) is 0 Å². The van der Waals surface area contributed by atoms with Crippen molar-refractivity contribution in [1.29, 1.82) is 0 Å². The van der Waals surface area contributed by atoms with Crippen molar-refractivity contribution in [2.45, 2.75) is 25.0 Å². The monoisotopic (exact) mass is 361 g/mol. The van der Waals surface area contributed by atoms with Crippen LogP contribution in [0.5, 0.6) is 0 Å². The van der Waals surface area contributed by atoms with E-state index < -0.39 is 0 Å². The summed E-state index contributed by atoms with van der Waals surface area (Å²) in [6, 6.07) is 10.5. The molecule has 2 saturated heterocycles. The summed E-state index contributed by atoms with van der Waals surface area (Å²) in [5, 5.41) is 6.33. The van der Waals surface area contributed by atoms with Gasteiger partial charge >= 0.3 is 0 Å². The third kappa shape index (κ3) is 5.94. The molecule has 3 rings (SSSR count). The Hall–Kier alpha value is -0.850. The zero-order valence-electron chi connectivity index (χ0n) is 13.1. The molecular weight excluding hydrogens is 337 g/mol. The third-order valence-corrected chi connectivity index (χ3v) is 4.11. The van der Waals surface area contributed by atoms with Crippen molar-refractivity contribution in [3.05, 3.63) is 35.9 Å². The van der Waals surface area contributed by atoms with E-state index in [0.29, 0.717) is 13.2 Å². The molecule has 0 spiro atoms. The first-order valence-corrected chi connectivity index (χ1v) is 7.69. The van der Waals surface area contributed by atoms with Crippen molar-refractivity contribution in [3.63, 3.8) is 0 Å². The lowest BCUT2D eigenvalue weighted by atomic mass is 10.2. The summed E-state index contributed by atoms with van der Waals surface area (Å²) in [5.41, 5.74) is 1.33. The maximum Gasteiger partial charge on any atom is 0.239 e. The Balaban J connectivity index is 0.00000132. The molecule has 2 N–H and O–H groups in total. The van der Waals surface area contributed by atoms with Gasteiger partial charge in [0.2, 0.25) is 5.91 Å². The number of rotatable bonds is 4. The average molecular weight is 362 g/mol. The van der Waals surface area contributed by atoms with E-state index in [1.807, 2.05) is 6.07 Å². The summed E-state index contributed by atoms with van der Waals surface area (Å²) in [4.78, 5) is 14.5. The molecule has 7 heteroatoms. The van der Waals surface area contributed by atoms with Gasteiger partial charge in [-0.2, -0.15) is 0 Å². The molecule has 2 unspecified atom stereocenters. The van der Waals surface area contributed by atoms with Gasteiger partial charge < -0.3 is 15.4 Å². The number of carbonyl (C=O) groups excluding carboxylic acids is 1. The number of ether oxygens (including phenoxy) is 1. The number of hydrogen-bond acceptors (Lipinski definition) is 4. The molecule has 0 aliphatic carbocycles. The number of halogens is 2. The second-order valence-corrected chi connectivity index (χ2v) is 5.80. The molecule has 1 aromatic carbocycles. The molecule has 2 fully saturated rings. The number of nitrogens with zero attached hydrogens (tertiary/aromatic N) is 1. The van der Waals surface area contributed by atoms with Gasteiger partial charge in [-0.3, -0.25) is 9.69 Å². The zero-order valence-corrected chi connectivity index (χ0v) is 14.7. The molecular formula is C16H25Cl2N3O2. The molecule has 130 valence electrons. The lowest BCUT2D eigenvalue weighted by Crippen LogP contribution is -2.53.